The lowest BCUT2D eigenvalue weighted by atomic mass is 10.1. The normalized spacial score (nSPS) is 28.2. The maximum atomic E-state index is 12.0. The highest BCUT2D eigenvalue weighted by molar-refractivity contribution is 7.69. The van der Waals surface area contributed by atoms with Crippen LogP contribution in [-0.4, -0.2) is 56.5 Å². The van der Waals surface area contributed by atoms with Gasteiger partial charge in [-0.05, 0) is 12.6 Å². The fourth-order valence-corrected chi connectivity index (χ4v) is 4.12. The molecule has 142 valence electrons. The molecule has 1 fully saturated rings. The molecular formula is C17H33O6P. The van der Waals surface area contributed by atoms with Crippen molar-refractivity contribution in [2.24, 2.45) is 0 Å². The zero-order valence-corrected chi connectivity index (χ0v) is 15.5. The summed E-state index contributed by atoms with van der Waals surface area (Å²) in [5.41, 5.74) is -0.607. The average Bonchev–Trinajstić information content (AvgIpc) is 2.83. The van der Waals surface area contributed by atoms with Crippen molar-refractivity contribution < 1.29 is 29.7 Å². The lowest BCUT2D eigenvalue weighted by molar-refractivity contribution is -0.143. The van der Waals surface area contributed by atoms with Gasteiger partial charge in [0.1, 0.15) is 12.2 Å². The standard InChI is InChI=1S/C17H33O6P/c1-2-3-4-5-6-7-8-9-10-11-12-24(22)17(21)15-13(18)14(19)16(20)23-15/h13-16,18-20,22H,2-12H2,1H3/t13-,14+,15-,16+,24?/m0/s1. The summed E-state index contributed by atoms with van der Waals surface area (Å²) in [5.74, 6) is 0. The predicted molar refractivity (Wildman–Crippen MR) is 93.8 cm³/mol. The third-order valence-electron chi connectivity index (χ3n) is 4.46. The van der Waals surface area contributed by atoms with E-state index in [1.807, 2.05) is 0 Å². The number of unbranched alkanes of at least 4 members (excludes halogenated alkanes) is 9. The molecule has 7 heteroatoms. The number of rotatable bonds is 13. The molecule has 24 heavy (non-hydrogen) atoms. The van der Waals surface area contributed by atoms with E-state index in [1.54, 1.807) is 0 Å². The maximum Gasteiger partial charge on any atom is 0.212 e. The Hall–Kier alpha value is -0.100. The maximum absolute atomic E-state index is 12.0. The van der Waals surface area contributed by atoms with E-state index in [9.17, 15) is 25.0 Å². The van der Waals surface area contributed by atoms with Crippen LogP contribution in [0, 0.1) is 0 Å². The second-order valence-electron chi connectivity index (χ2n) is 6.57. The van der Waals surface area contributed by atoms with Gasteiger partial charge >= 0.3 is 0 Å². The van der Waals surface area contributed by atoms with E-state index in [0.717, 1.165) is 19.3 Å². The molecule has 1 heterocycles. The molecule has 6 nitrogen and oxygen atoms in total. The molecule has 0 saturated carbocycles. The van der Waals surface area contributed by atoms with E-state index >= 15 is 0 Å². The van der Waals surface area contributed by atoms with Crippen molar-refractivity contribution in [3.05, 3.63) is 0 Å². The van der Waals surface area contributed by atoms with Gasteiger partial charge < -0.3 is 24.9 Å². The van der Waals surface area contributed by atoms with Crippen LogP contribution in [0.3, 0.4) is 0 Å². The first kappa shape index (κ1) is 21.9. The first-order chi connectivity index (χ1) is 11.5. The third kappa shape index (κ3) is 7.42. The molecule has 0 radical (unpaired) electrons. The molecule has 1 rings (SSSR count). The molecule has 0 spiro atoms. The van der Waals surface area contributed by atoms with Crippen LogP contribution in [0.15, 0.2) is 0 Å². The third-order valence-corrected chi connectivity index (χ3v) is 5.96. The number of hydrogen-bond acceptors (Lipinski definition) is 6. The summed E-state index contributed by atoms with van der Waals surface area (Å²) in [6.45, 7) is 2.21. The minimum Gasteiger partial charge on any atom is -0.387 e. The van der Waals surface area contributed by atoms with Gasteiger partial charge in [-0.15, -0.1) is 0 Å². The highest BCUT2D eigenvalue weighted by Gasteiger charge is 2.47. The minimum absolute atomic E-state index is 0.378. The second-order valence-corrected chi connectivity index (χ2v) is 8.26. The van der Waals surface area contributed by atoms with Crippen molar-refractivity contribution in [2.75, 3.05) is 6.16 Å². The Kier molecular flexibility index (Phi) is 11.2. The van der Waals surface area contributed by atoms with Crippen LogP contribution >= 0.6 is 8.15 Å². The molecule has 0 bridgehead atoms. The quantitative estimate of drug-likeness (QED) is 0.295. The fraction of sp³-hybridized carbons (Fsp3) is 0.941. The zero-order valence-electron chi connectivity index (χ0n) is 14.6. The Balaban J connectivity index is 2.05. The summed E-state index contributed by atoms with van der Waals surface area (Å²) in [7, 11) is -1.90. The van der Waals surface area contributed by atoms with Crippen molar-refractivity contribution in [2.45, 2.75) is 95.7 Å². The summed E-state index contributed by atoms with van der Waals surface area (Å²) in [6, 6.07) is 0. The number of hydrogen-bond donors (Lipinski definition) is 4. The monoisotopic (exact) mass is 364 g/mol. The van der Waals surface area contributed by atoms with Gasteiger partial charge in [-0.25, -0.2) is 0 Å². The summed E-state index contributed by atoms with van der Waals surface area (Å²) in [4.78, 5) is 22.0. The summed E-state index contributed by atoms with van der Waals surface area (Å²) in [6.07, 6.45) is 6.28. The van der Waals surface area contributed by atoms with Gasteiger partial charge in [0.15, 0.2) is 12.4 Å². The average molecular weight is 364 g/mol. The zero-order chi connectivity index (χ0) is 17.9. The van der Waals surface area contributed by atoms with E-state index in [1.165, 1.54) is 44.9 Å². The van der Waals surface area contributed by atoms with Crippen molar-refractivity contribution in [1.82, 2.24) is 0 Å². The Morgan fingerprint density at radius 3 is 1.83 bits per heavy atom. The highest BCUT2D eigenvalue weighted by atomic mass is 31.1. The predicted octanol–water partition coefficient (Wildman–Crippen LogP) is 2.26. The van der Waals surface area contributed by atoms with Gasteiger partial charge in [-0.2, -0.15) is 0 Å². The fourth-order valence-electron chi connectivity index (χ4n) is 2.87. The second kappa shape index (κ2) is 12.3. The van der Waals surface area contributed by atoms with Gasteiger partial charge in [-0.3, -0.25) is 4.79 Å². The Bertz CT molecular complexity index is 354. The van der Waals surface area contributed by atoms with E-state index < -0.39 is 38.3 Å². The summed E-state index contributed by atoms with van der Waals surface area (Å²) < 4.78 is 4.83. The molecule has 1 aliphatic heterocycles. The van der Waals surface area contributed by atoms with Crippen LogP contribution in [0.2, 0.25) is 0 Å². The van der Waals surface area contributed by atoms with Gasteiger partial charge in [-0.1, -0.05) is 64.7 Å². The van der Waals surface area contributed by atoms with E-state index in [4.69, 9.17) is 4.74 Å². The largest absolute Gasteiger partial charge is 0.387 e. The summed E-state index contributed by atoms with van der Waals surface area (Å²) in [5, 5.41) is 28.3. The van der Waals surface area contributed by atoms with Crippen LogP contribution in [0.4, 0.5) is 0 Å². The van der Waals surface area contributed by atoms with Crippen molar-refractivity contribution in [3.8, 4) is 0 Å². The molecule has 1 aliphatic rings. The minimum atomic E-state index is -1.90. The van der Waals surface area contributed by atoms with Gasteiger partial charge in [0.25, 0.3) is 0 Å². The van der Waals surface area contributed by atoms with Crippen LogP contribution < -0.4 is 0 Å². The Morgan fingerprint density at radius 2 is 1.38 bits per heavy atom. The Morgan fingerprint density at radius 1 is 0.875 bits per heavy atom. The number of aliphatic hydroxyl groups excluding tert-OH is 3. The number of ether oxygens (including phenoxy) is 1. The molecular weight excluding hydrogens is 331 g/mol. The van der Waals surface area contributed by atoms with E-state index in [0.29, 0.717) is 6.16 Å². The summed E-state index contributed by atoms with van der Waals surface area (Å²) >= 11 is 0. The molecule has 1 unspecified atom stereocenters. The van der Waals surface area contributed by atoms with Crippen LogP contribution in [-0.2, 0) is 9.53 Å². The van der Waals surface area contributed by atoms with E-state index in [2.05, 4.69) is 6.92 Å². The molecule has 4 N–H and O–H groups in total. The molecule has 5 atom stereocenters. The van der Waals surface area contributed by atoms with Gasteiger partial charge in [0.2, 0.25) is 5.52 Å². The molecule has 0 amide bonds. The lowest BCUT2D eigenvalue weighted by Gasteiger charge is -2.16. The van der Waals surface area contributed by atoms with E-state index in [-0.39, 0.29) is 0 Å². The number of carbonyl (C=O) groups excluding carboxylic acids is 1. The molecule has 0 aromatic rings. The molecule has 0 aromatic heterocycles. The molecule has 1 saturated heterocycles. The van der Waals surface area contributed by atoms with Gasteiger partial charge in [0, 0.05) is 0 Å². The van der Waals surface area contributed by atoms with Crippen LogP contribution in [0.25, 0.3) is 0 Å². The lowest BCUT2D eigenvalue weighted by Crippen LogP contribution is -2.35. The molecule has 0 aliphatic carbocycles. The van der Waals surface area contributed by atoms with Crippen LogP contribution in [0.5, 0.6) is 0 Å². The number of aliphatic hydroxyl groups is 3. The van der Waals surface area contributed by atoms with Crippen molar-refractivity contribution in [3.63, 3.8) is 0 Å². The van der Waals surface area contributed by atoms with Crippen molar-refractivity contribution in [1.29, 1.82) is 0 Å². The van der Waals surface area contributed by atoms with Crippen LogP contribution in [0.1, 0.15) is 71.1 Å². The topological polar surface area (TPSA) is 107 Å². The molecule has 0 aromatic carbocycles. The highest BCUT2D eigenvalue weighted by Crippen LogP contribution is 2.38. The smallest absolute Gasteiger partial charge is 0.212 e. The number of carbonyl (C=O) groups is 1. The van der Waals surface area contributed by atoms with Gasteiger partial charge in [0.05, 0.1) is 8.15 Å². The first-order valence-electron chi connectivity index (χ1n) is 9.19. The first-order valence-corrected chi connectivity index (χ1v) is 10.7. The van der Waals surface area contributed by atoms with Crippen molar-refractivity contribution >= 4 is 13.7 Å². The SMILES string of the molecule is CCCCCCCCCCCCP(O)C(=O)[C@H]1O[C@@H](O)[C@H](O)[C@@H]1O. The Labute approximate surface area is 146 Å².